The van der Waals surface area contributed by atoms with Crippen molar-refractivity contribution in [3.05, 3.63) is 89.4 Å². The third kappa shape index (κ3) is 4.62. The minimum Gasteiger partial charge on any atom is -0.322 e. The molecule has 0 unspecified atom stereocenters. The van der Waals surface area contributed by atoms with Gasteiger partial charge in [-0.15, -0.1) is 0 Å². The maximum Gasteiger partial charge on any atom is 0.323 e. The van der Waals surface area contributed by atoms with E-state index in [9.17, 15) is 9.59 Å². The first kappa shape index (κ1) is 17.5. The Hall–Kier alpha value is -3.31. The second-order valence-electron chi connectivity index (χ2n) is 5.46. The van der Waals surface area contributed by atoms with Gasteiger partial charge in [-0.05, 0) is 48.5 Å². The van der Waals surface area contributed by atoms with Crippen LogP contribution in [0.3, 0.4) is 0 Å². The lowest BCUT2D eigenvalue weighted by atomic mass is 10.2. The predicted molar refractivity (Wildman–Crippen MR) is 105 cm³/mol. The molecule has 3 N–H and O–H groups in total. The molecule has 0 aromatic heterocycles. The molecule has 0 radical (unpaired) electrons. The second-order valence-corrected chi connectivity index (χ2v) is 5.86. The normalized spacial score (nSPS) is 10.0. The Morgan fingerprint density at radius 1 is 0.615 bits per heavy atom. The lowest BCUT2D eigenvalue weighted by Gasteiger charge is -2.09. The summed E-state index contributed by atoms with van der Waals surface area (Å²) in [6.07, 6.45) is 0. The van der Waals surface area contributed by atoms with E-state index in [1.165, 1.54) is 0 Å². The molecule has 0 heterocycles. The van der Waals surface area contributed by atoms with Crippen molar-refractivity contribution in [1.29, 1.82) is 0 Å². The molecule has 26 heavy (non-hydrogen) atoms. The first-order chi connectivity index (χ1) is 12.6. The van der Waals surface area contributed by atoms with Crippen molar-refractivity contribution in [2.24, 2.45) is 0 Å². The second kappa shape index (κ2) is 8.18. The minimum absolute atomic E-state index is 0.293. The largest absolute Gasteiger partial charge is 0.323 e. The van der Waals surface area contributed by atoms with Crippen molar-refractivity contribution in [2.75, 3.05) is 16.0 Å². The number of rotatable bonds is 4. The Bertz CT molecular complexity index is 912. The topological polar surface area (TPSA) is 70.2 Å². The van der Waals surface area contributed by atoms with Crippen LogP contribution < -0.4 is 16.0 Å². The summed E-state index contributed by atoms with van der Waals surface area (Å²) >= 11 is 6.02. The standard InChI is InChI=1S/C20H16ClN3O2/c21-18-9-5-4-8-17(18)19(25)22-15-10-12-16(13-11-15)24-20(26)23-14-6-2-1-3-7-14/h1-13H,(H,22,25)(H2,23,24,26). The minimum atomic E-state index is -0.343. The van der Waals surface area contributed by atoms with Gasteiger partial charge in [-0.2, -0.15) is 0 Å². The van der Waals surface area contributed by atoms with Crippen LogP contribution in [0.4, 0.5) is 21.9 Å². The van der Waals surface area contributed by atoms with Crippen molar-refractivity contribution in [3.63, 3.8) is 0 Å². The van der Waals surface area contributed by atoms with Gasteiger partial charge in [0.1, 0.15) is 0 Å². The van der Waals surface area contributed by atoms with E-state index >= 15 is 0 Å². The highest BCUT2D eigenvalue weighted by atomic mass is 35.5. The number of carbonyl (C=O) groups is 2. The fourth-order valence-electron chi connectivity index (χ4n) is 2.30. The van der Waals surface area contributed by atoms with Gasteiger partial charge in [0.05, 0.1) is 10.6 Å². The van der Waals surface area contributed by atoms with E-state index in [4.69, 9.17) is 11.6 Å². The van der Waals surface area contributed by atoms with Gasteiger partial charge in [0, 0.05) is 17.1 Å². The third-order valence-corrected chi connectivity index (χ3v) is 3.88. The van der Waals surface area contributed by atoms with Crippen LogP contribution in [0.15, 0.2) is 78.9 Å². The summed E-state index contributed by atoms with van der Waals surface area (Å²) in [6.45, 7) is 0. The number of para-hydroxylation sites is 1. The summed E-state index contributed by atoms with van der Waals surface area (Å²) in [4.78, 5) is 24.2. The molecule has 0 saturated carbocycles. The van der Waals surface area contributed by atoms with Crippen LogP contribution in [0.25, 0.3) is 0 Å². The van der Waals surface area contributed by atoms with Crippen LogP contribution in [0.1, 0.15) is 10.4 Å². The lowest BCUT2D eigenvalue weighted by molar-refractivity contribution is 0.102. The van der Waals surface area contributed by atoms with Crippen LogP contribution in [-0.4, -0.2) is 11.9 Å². The van der Waals surface area contributed by atoms with Crippen LogP contribution >= 0.6 is 11.6 Å². The molecule has 0 bridgehead atoms. The number of anilines is 3. The third-order valence-electron chi connectivity index (χ3n) is 3.55. The molecule has 0 aliphatic heterocycles. The summed E-state index contributed by atoms with van der Waals surface area (Å²) in [7, 11) is 0. The van der Waals surface area contributed by atoms with Crippen molar-refractivity contribution < 1.29 is 9.59 Å². The molecule has 3 amide bonds. The average molecular weight is 366 g/mol. The van der Waals surface area contributed by atoms with Gasteiger partial charge < -0.3 is 16.0 Å². The number of benzene rings is 3. The Labute approximate surface area is 156 Å². The van der Waals surface area contributed by atoms with Crippen molar-refractivity contribution >= 4 is 40.6 Å². The number of carbonyl (C=O) groups excluding carboxylic acids is 2. The fraction of sp³-hybridized carbons (Fsp3) is 0. The molecule has 3 aromatic rings. The van der Waals surface area contributed by atoms with E-state index in [2.05, 4.69) is 16.0 Å². The summed E-state index contributed by atoms with van der Waals surface area (Å²) in [5.74, 6) is -0.293. The molecule has 5 nitrogen and oxygen atoms in total. The van der Waals surface area contributed by atoms with Gasteiger partial charge in [-0.3, -0.25) is 4.79 Å². The molecule has 6 heteroatoms. The zero-order valence-corrected chi connectivity index (χ0v) is 14.5. The van der Waals surface area contributed by atoms with E-state index in [-0.39, 0.29) is 11.9 Å². The van der Waals surface area contributed by atoms with Crippen LogP contribution in [0.5, 0.6) is 0 Å². The summed E-state index contributed by atoms with van der Waals surface area (Å²) in [5, 5.41) is 8.62. The summed E-state index contributed by atoms with van der Waals surface area (Å²) in [5.41, 5.74) is 2.31. The summed E-state index contributed by atoms with van der Waals surface area (Å²) < 4.78 is 0. The molecule has 0 aliphatic carbocycles. The molecule has 0 atom stereocenters. The van der Waals surface area contributed by atoms with Gasteiger partial charge >= 0.3 is 6.03 Å². The van der Waals surface area contributed by atoms with E-state index < -0.39 is 0 Å². The zero-order chi connectivity index (χ0) is 18.4. The number of urea groups is 1. The molecule has 0 saturated heterocycles. The van der Waals surface area contributed by atoms with Crippen molar-refractivity contribution in [2.45, 2.75) is 0 Å². The molecular formula is C20H16ClN3O2. The molecule has 130 valence electrons. The van der Waals surface area contributed by atoms with Crippen LogP contribution in [0, 0.1) is 0 Å². The fourth-order valence-corrected chi connectivity index (χ4v) is 2.52. The highest BCUT2D eigenvalue weighted by Gasteiger charge is 2.10. The van der Waals surface area contributed by atoms with Crippen molar-refractivity contribution in [1.82, 2.24) is 0 Å². The number of amides is 3. The molecule has 0 fully saturated rings. The monoisotopic (exact) mass is 365 g/mol. The van der Waals surface area contributed by atoms with Gasteiger partial charge in [-0.1, -0.05) is 41.9 Å². The Morgan fingerprint density at radius 2 is 1.12 bits per heavy atom. The maximum atomic E-state index is 12.2. The van der Waals surface area contributed by atoms with E-state index in [1.54, 1.807) is 60.7 Å². The van der Waals surface area contributed by atoms with Gasteiger partial charge in [0.15, 0.2) is 0 Å². The van der Waals surface area contributed by atoms with Gasteiger partial charge in [-0.25, -0.2) is 4.79 Å². The van der Waals surface area contributed by atoms with Crippen molar-refractivity contribution in [3.8, 4) is 0 Å². The highest BCUT2D eigenvalue weighted by molar-refractivity contribution is 6.34. The van der Waals surface area contributed by atoms with Crippen LogP contribution in [0.2, 0.25) is 5.02 Å². The van der Waals surface area contributed by atoms with E-state index in [1.807, 2.05) is 18.2 Å². The van der Waals surface area contributed by atoms with E-state index in [0.717, 1.165) is 0 Å². The Kier molecular flexibility index (Phi) is 5.51. The van der Waals surface area contributed by atoms with Gasteiger partial charge in [0.25, 0.3) is 5.91 Å². The molecule has 0 spiro atoms. The summed E-state index contributed by atoms with van der Waals surface area (Å²) in [6, 6.07) is 22.4. The molecule has 3 aromatic carbocycles. The Morgan fingerprint density at radius 3 is 1.73 bits per heavy atom. The van der Waals surface area contributed by atoms with Gasteiger partial charge in [0.2, 0.25) is 0 Å². The van der Waals surface area contributed by atoms with E-state index in [0.29, 0.717) is 27.6 Å². The molecular weight excluding hydrogens is 350 g/mol. The number of hydrogen-bond acceptors (Lipinski definition) is 2. The smallest absolute Gasteiger partial charge is 0.322 e. The lowest BCUT2D eigenvalue weighted by Crippen LogP contribution is -2.19. The highest BCUT2D eigenvalue weighted by Crippen LogP contribution is 2.19. The van der Waals surface area contributed by atoms with Crippen LogP contribution in [-0.2, 0) is 0 Å². The molecule has 0 aliphatic rings. The number of nitrogens with one attached hydrogen (secondary N) is 3. The average Bonchev–Trinajstić information content (AvgIpc) is 2.64. The zero-order valence-electron chi connectivity index (χ0n) is 13.7. The predicted octanol–water partition coefficient (Wildman–Crippen LogP) is 5.24. The first-order valence-electron chi connectivity index (χ1n) is 7.91. The first-order valence-corrected chi connectivity index (χ1v) is 8.28. The molecule has 3 rings (SSSR count). The maximum absolute atomic E-state index is 12.2. The Balaban J connectivity index is 1.59. The number of halogens is 1. The quantitative estimate of drug-likeness (QED) is 0.592. The SMILES string of the molecule is O=C(Nc1ccccc1)Nc1ccc(NC(=O)c2ccccc2Cl)cc1. The number of hydrogen-bond donors (Lipinski definition) is 3.